The van der Waals surface area contributed by atoms with Crippen LogP contribution in [0.2, 0.25) is 0 Å². The first kappa shape index (κ1) is 48.1. The fraction of sp³-hybridized carbons (Fsp3) is 0.400. The number of benzene rings is 7. The molecule has 375 valence electrons. The molecule has 1 aromatic heterocycles. The highest BCUT2D eigenvalue weighted by molar-refractivity contribution is 7.25. The Labute approximate surface area is 447 Å². The van der Waals surface area contributed by atoms with Crippen LogP contribution in [-0.4, -0.2) is 7.28 Å². The van der Waals surface area contributed by atoms with Crippen molar-refractivity contribution in [3.8, 4) is 22.3 Å². The molecule has 74 heavy (non-hydrogen) atoms. The summed E-state index contributed by atoms with van der Waals surface area (Å²) in [4.78, 5) is 2.72. The summed E-state index contributed by atoms with van der Waals surface area (Å²) in [6.45, 7) is 37.0. The van der Waals surface area contributed by atoms with Gasteiger partial charge in [0, 0.05) is 54.2 Å². The van der Waals surface area contributed by atoms with E-state index in [1.165, 1.54) is 158 Å². The second-order valence-electron chi connectivity index (χ2n) is 28.1. The molecule has 7 aromatic carbocycles. The van der Waals surface area contributed by atoms with Gasteiger partial charge in [-0.15, -0.1) is 11.3 Å². The van der Waals surface area contributed by atoms with E-state index in [1.54, 1.807) is 0 Å². The summed E-state index contributed by atoms with van der Waals surface area (Å²) in [6.07, 6.45) is 7.05. The second-order valence-corrected chi connectivity index (χ2v) is 29.2. The van der Waals surface area contributed by atoms with E-state index in [1.807, 2.05) is 11.3 Å². The van der Waals surface area contributed by atoms with Gasteiger partial charge in [-0.25, -0.2) is 0 Å². The first-order chi connectivity index (χ1) is 34.8. The monoisotopic (exact) mass is 988 g/mol. The molecule has 0 bridgehead atoms. The zero-order chi connectivity index (χ0) is 52.0. The molecule has 8 aromatic rings. The van der Waals surface area contributed by atoms with Crippen molar-refractivity contribution in [2.75, 3.05) is 10.2 Å². The van der Waals surface area contributed by atoms with Gasteiger partial charge in [-0.1, -0.05) is 163 Å². The lowest BCUT2D eigenvalue weighted by Crippen LogP contribution is -2.42. The van der Waals surface area contributed by atoms with Crippen LogP contribution in [0.15, 0.2) is 109 Å². The van der Waals surface area contributed by atoms with Gasteiger partial charge in [-0.2, -0.15) is 0 Å². The van der Waals surface area contributed by atoms with Gasteiger partial charge in [-0.05, 0) is 204 Å². The maximum absolute atomic E-state index is 4.28. The highest BCUT2D eigenvalue weighted by atomic mass is 32.1. The quantitative estimate of drug-likeness (QED) is 0.177. The zero-order valence-corrected chi connectivity index (χ0v) is 47.9. The van der Waals surface area contributed by atoms with E-state index in [2.05, 4.69) is 231 Å². The van der Waals surface area contributed by atoms with Gasteiger partial charge in [0.1, 0.15) is 0 Å². The van der Waals surface area contributed by atoms with Crippen LogP contribution in [0.5, 0.6) is 0 Å². The number of rotatable bonds is 4. The van der Waals surface area contributed by atoms with Gasteiger partial charge in [-0.3, -0.25) is 0 Å². The maximum Gasteiger partial charge on any atom is 0.197 e. The molecule has 4 heteroatoms. The van der Waals surface area contributed by atoms with Gasteiger partial charge < -0.3 is 10.2 Å². The van der Waals surface area contributed by atoms with Crippen molar-refractivity contribution in [1.82, 2.24) is 0 Å². The van der Waals surface area contributed by atoms with Crippen molar-refractivity contribution in [2.45, 2.75) is 180 Å². The number of hydrogen-bond donors (Lipinski definition) is 1. The fourth-order valence-electron chi connectivity index (χ4n) is 14.8. The molecule has 1 aliphatic heterocycles. The normalized spacial score (nSPS) is 20.3. The average molecular weight is 988 g/mol. The van der Waals surface area contributed by atoms with E-state index in [0.29, 0.717) is 0 Å². The van der Waals surface area contributed by atoms with Crippen LogP contribution in [-0.2, 0) is 37.9 Å². The average Bonchev–Trinajstić information content (AvgIpc) is 3.85. The molecule has 13 rings (SSSR count). The number of nitrogens with zero attached hydrogens (tertiary/aromatic N) is 1. The van der Waals surface area contributed by atoms with Crippen LogP contribution >= 0.6 is 11.3 Å². The molecule has 5 aliphatic rings. The second kappa shape index (κ2) is 15.5. The number of fused-ring (bicyclic) bond motifs is 11. The summed E-state index contributed by atoms with van der Waals surface area (Å²) in [6, 6.07) is 43.9. The van der Waals surface area contributed by atoms with Crippen molar-refractivity contribution in [3.05, 3.63) is 159 Å². The largest absolute Gasteiger partial charge is 0.355 e. The predicted octanol–water partition coefficient (Wildman–Crippen LogP) is 18.6. The third-order valence-electron chi connectivity index (χ3n) is 20.0. The lowest BCUT2D eigenvalue weighted by Gasteiger charge is -2.44. The summed E-state index contributed by atoms with van der Waals surface area (Å²) in [5.74, 6) is 0. The molecule has 1 radical (unpaired) electrons. The molecular formula is C70H76BN2S. The number of anilines is 5. The Morgan fingerprint density at radius 1 is 0.432 bits per heavy atom. The minimum atomic E-state index is -0.242. The third-order valence-corrected chi connectivity index (χ3v) is 21.1. The van der Waals surface area contributed by atoms with Gasteiger partial charge in [0.25, 0.3) is 0 Å². The summed E-state index contributed by atoms with van der Waals surface area (Å²) < 4.78 is 2.67. The van der Waals surface area contributed by atoms with Crippen molar-refractivity contribution in [1.29, 1.82) is 0 Å². The molecule has 0 unspecified atom stereocenters. The van der Waals surface area contributed by atoms with Crippen LogP contribution in [0.1, 0.15) is 186 Å². The Kier molecular flexibility index (Phi) is 10.1. The number of thiophene rings is 1. The summed E-state index contributed by atoms with van der Waals surface area (Å²) in [7, 11) is 2.60. The Hall–Kier alpha value is -5.58. The highest BCUT2D eigenvalue weighted by Gasteiger charge is 2.45. The molecule has 2 nitrogen and oxygen atoms in total. The summed E-state index contributed by atoms with van der Waals surface area (Å²) in [5.41, 5.74) is 27.3. The lowest BCUT2D eigenvalue weighted by molar-refractivity contribution is 0.332. The molecule has 0 atom stereocenters. The van der Waals surface area contributed by atoms with Crippen molar-refractivity contribution in [3.63, 3.8) is 0 Å². The fourth-order valence-corrected chi connectivity index (χ4v) is 15.9. The van der Waals surface area contributed by atoms with Crippen molar-refractivity contribution >= 4 is 78.2 Å². The minimum absolute atomic E-state index is 0.00351. The van der Waals surface area contributed by atoms with Crippen LogP contribution in [0.25, 0.3) is 42.4 Å². The van der Waals surface area contributed by atoms with E-state index in [4.69, 9.17) is 0 Å². The van der Waals surface area contributed by atoms with E-state index in [9.17, 15) is 0 Å². The standard InChI is InChI=1S/C70H76BN2S/c1-40-32-48-52(69(12,13)31-28-65(48,4)5)37-56(40)73-57-39-60-44(42-20-17-19-23-59(42)74-60)35-54(57)71-63-58(73)38-53-61(43-21-16-18-22-46(43)70(53,14)15)62(63)45-34-50-51(68(10,11)30-29-67(50,8)9)36-55(45)72-41-24-25-47-49(33-41)66(6,7)27-26-64(47,2)3/h16-25,32-39,72H,26-31H2,1-15H3. The SMILES string of the molecule is Cc1cc2c(cc1N1c3cc4sc5ccccc5c4cc3[B]c3c1cc1c(c3-c3cc4c(cc3Nc3ccc5c(c3)C(C)(C)CCC5(C)C)C(C)(C)CCC4(C)C)-c3ccccc3C1(C)C)C(C)(C)CCC2(C)C. The van der Waals surface area contributed by atoms with Crippen molar-refractivity contribution in [2.24, 2.45) is 0 Å². The van der Waals surface area contributed by atoms with Crippen LogP contribution in [0.4, 0.5) is 28.4 Å². The van der Waals surface area contributed by atoms with Gasteiger partial charge in [0.2, 0.25) is 0 Å². The molecule has 0 spiro atoms. The number of aryl methyl sites for hydroxylation is 1. The van der Waals surface area contributed by atoms with E-state index < -0.39 is 0 Å². The first-order valence-corrected chi connectivity index (χ1v) is 28.8. The van der Waals surface area contributed by atoms with E-state index in [-0.39, 0.29) is 37.9 Å². The number of hydrogen-bond acceptors (Lipinski definition) is 3. The number of nitrogens with one attached hydrogen (secondary N) is 1. The Balaban J connectivity index is 1.16. The first-order valence-electron chi connectivity index (χ1n) is 28.0. The lowest BCUT2D eigenvalue weighted by atomic mass is 9.56. The minimum Gasteiger partial charge on any atom is -0.355 e. The van der Waals surface area contributed by atoms with Crippen LogP contribution in [0.3, 0.4) is 0 Å². The van der Waals surface area contributed by atoms with Gasteiger partial charge >= 0.3 is 0 Å². The van der Waals surface area contributed by atoms with Crippen molar-refractivity contribution < 1.29 is 0 Å². The van der Waals surface area contributed by atoms with Gasteiger partial charge in [0.15, 0.2) is 7.28 Å². The topological polar surface area (TPSA) is 15.3 Å². The molecular weight excluding hydrogens is 912 g/mol. The Morgan fingerprint density at radius 3 is 1.66 bits per heavy atom. The molecule has 1 N–H and O–H groups in total. The Bertz CT molecular complexity index is 3740. The molecule has 0 saturated heterocycles. The molecule has 4 aliphatic carbocycles. The Morgan fingerprint density at radius 2 is 0.986 bits per heavy atom. The molecule has 0 amide bonds. The molecule has 2 heterocycles. The maximum atomic E-state index is 4.28. The zero-order valence-electron chi connectivity index (χ0n) is 47.1. The summed E-state index contributed by atoms with van der Waals surface area (Å²) >= 11 is 1.93. The van der Waals surface area contributed by atoms with Crippen LogP contribution < -0.4 is 21.1 Å². The van der Waals surface area contributed by atoms with Crippen LogP contribution in [0, 0.1) is 6.92 Å². The molecule has 0 fully saturated rings. The van der Waals surface area contributed by atoms with E-state index in [0.717, 1.165) is 12.8 Å². The third kappa shape index (κ3) is 6.94. The van der Waals surface area contributed by atoms with E-state index >= 15 is 0 Å². The summed E-state index contributed by atoms with van der Waals surface area (Å²) in [5, 5.41) is 6.95. The molecule has 0 saturated carbocycles. The predicted molar refractivity (Wildman–Crippen MR) is 322 cm³/mol. The highest BCUT2D eigenvalue weighted by Crippen LogP contribution is 2.58. The van der Waals surface area contributed by atoms with Gasteiger partial charge in [0.05, 0.1) is 0 Å². The smallest absolute Gasteiger partial charge is 0.197 e.